The molecule has 0 saturated carbocycles. The Bertz CT molecular complexity index is 1900. The second-order valence-corrected chi connectivity index (χ2v) is 20.5. The van der Waals surface area contributed by atoms with Crippen LogP contribution in [0, 0.1) is 0 Å². The molecule has 0 aliphatic heterocycles. The molecular weight excluding hydrogens is 997 g/mol. The molecule has 0 heterocycles. The van der Waals surface area contributed by atoms with Crippen molar-refractivity contribution >= 4 is 17.9 Å². The number of allylic oxidation sites excluding steroid dienone is 30. The van der Waals surface area contributed by atoms with Gasteiger partial charge in [-0.25, -0.2) is 0 Å². The first kappa shape index (κ1) is 75.5. The van der Waals surface area contributed by atoms with Crippen molar-refractivity contribution in [3.05, 3.63) is 182 Å². The van der Waals surface area contributed by atoms with Gasteiger partial charge < -0.3 is 14.2 Å². The number of hydrogen-bond donors (Lipinski definition) is 0. The molecule has 1 atom stereocenters. The average Bonchev–Trinajstić information content (AvgIpc) is 3.46. The molecule has 0 aromatic carbocycles. The molecular formula is C75H116O6. The van der Waals surface area contributed by atoms with E-state index >= 15 is 0 Å². The summed E-state index contributed by atoms with van der Waals surface area (Å²) in [5.41, 5.74) is 0. The maximum absolute atomic E-state index is 12.9. The van der Waals surface area contributed by atoms with Gasteiger partial charge in [-0.2, -0.15) is 0 Å². The Morgan fingerprint density at radius 2 is 0.444 bits per heavy atom. The monoisotopic (exact) mass is 1110 g/mol. The number of hydrogen-bond acceptors (Lipinski definition) is 6. The molecule has 0 aromatic heterocycles. The smallest absolute Gasteiger partial charge is 0.306 e. The van der Waals surface area contributed by atoms with E-state index in [-0.39, 0.29) is 31.1 Å². The van der Waals surface area contributed by atoms with Gasteiger partial charge >= 0.3 is 17.9 Å². The highest BCUT2D eigenvalue weighted by atomic mass is 16.6. The zero-order valence-corrected chi connectivity index (χ0v) is 51.7. The SMILES string of the molecule is CC/C=C\C/C=C\C/C=C\C/C=C\C/C=C\C/C=C\CCCCCCCCC(=O)OCC(COC(=O)CCCCC/C=C\C/C=C\C/C=C\CC)OC(=O)CCCCCCCC/C=C\C/C=C\C/C=C\C/C=C\C/C=C\C/C=C\CC. The first-order valence-electron chi connectivity index (χ1n) is 32.3. The van der Waals surface area contributed by atoms with Crippen LogP contribution in [0.15, 0.2) is 182 Å². The highest BCUT2D eigenvalue weighted by molar-refractivity contribution is 5.71. The normalized spacial score (nSPS) is 13.4. The van der Waals surface area contributed by atoms with Crippen LogP contribution >= 0.6 is 0 Å². The molecule has 0 fully saturated rings. The van der Waals surface area contributed by atoms with E-state index in [2.05, 4.69) is 203 Å². The summed E-state index contributed by atoms with van der Waals surface area (Å²) < 4.78 is 16.9. The Hall–Kier alpha value is -5.49. The maximum Gasteiger partial charge on any atom is 0.306 e. The predicted octanol–water partition coefficient (Wildman–Crippen LogP) is 22.4. The van der Waals surface area contributed by atoms with Gasteiger partial charge in [-0.1, -0.05) is 261 Å². The van der Waals surface area contributed by atoms with E-state index in [1.807, 2.05) is 0 Å². The van der Waals surface area contributed by atoms with Crippen LogP contribution in [-0.2, 0) is 28.6 Å². The number of ether oxygens (including phenoxy) is 3. The first-order chi connectivity index (χ1) is 40.0. The molecule has 0 saturated heterocycles. The van der Waals surface area contributed by atoms with Crippen LogP contribution in [-0.4, -0.2) is 37.2 Å². The van der Waals surface area contributed by atoms with Gasteiger partial charge in [0.1, 0.15) is 13.2 Å². The maximum atomic E-state index is 12.9. The van der Waals surface area contributed by atoms with Gasteiger partial charge in [-0.05, 0) is 154 Å². The molecule has 0 aromatic rings. The van der Waals surface area contributed by atoms with Crippen molar-refractivity contribution in [2.75, 3.05) is 13.2 Å². The van der Waals surface area contributed by atoms with Crippen LogP contribution in [0.3, 0.4) is 0 Å². The minimum atomic E-state index is -0.817. The van der Waals surface area contributed by atoms with E-state index in [0.29, 0.717) is 19.3 Å². The van der Waals surface area contributed by atoms with E-state index in [1.165, 1.54) is 25.7 Å². The number of carbonyl (C=O) groups is 3. The summed E-state index contributed by atoms with van der Waals surface area (Å²) in [5, 5.41) is 0. The van der Waals surface area contributed by atoms with Gasteiger partial charge in [0, 0.05) is 19.3 Å². The Kier molecular flexibility index (Phi) is 62.5. The Morgan fingerprint density at radius 3 is 0.704 bits per heavy atom. The fraction of sp³-hybridized carbons (Fsp3) is 0.560. The number of rotatable bonds is 56. The van der Waals surface area contributed by atoms with E-state index in [0.717, 1.165) is 186 Å². The quantitative estimate of drug-likeness (QED) is 0.0261. The Labute approximate surface area is 497 Å². The zero-order valence-electron chi connectivity index (χ0n) is 51.7. The third-order valence-corrected chi connectivity index (χ3v) is 12.9. The van der Waals surface area contributed by atoms with Gasteiger partial charge in [0.15, 0.2) is 6.10 Å². The van der Waals surface area contributed by atoms with Gasteiger partial charge in [0.05, 0.1) is 0 Å². The summed E-state index contributed by atoms with van der Waals surface area (Å²) in [4.78, 5) is 38.3. The Balaban J connectivity index is 4.46. The minimum absolute atomic E-state index is 0.111. The highest BCUT2D eigenvalue weighted by Gasteiger charge is 2.19. The molecule has 0 bridgehead atoms. The second-order valence-electron chi connectivity index (χ2n) is 20.5. The first-order valence-corrected chi connectivity index (χ1v) is 32.3. The van der Waals surface area contributed by atoms with Crippen molar-refractivity contribution < 1.29 is 28.6 Å². The zero-order chi connectivity index (χ0) is 58.5. The lowest BCUT2D eigenvalue weighted by Crippen LogP contribution is -2.30. The number of unbranched alkanes of at least 4 members (excludes halogenated alkanes) is 15. The number of esters is 3. The molecule has 0 amide bonds. The summed E-state index contributed by atoms with van der Waals surface area (Å²) in [6.45, 7) is 6.24. The standard InChI is InChI=1S/C75H116O6/c1-4-7-10-13-16-19-22-25-27-29-31-33-35-37-39-41-43-45-47-50-53-56-59-62-65-68-74(77)80-71-72(70-79-73(76)67-64-61-58-55-52-49-24-21-18-15-12-9-6-3)81-75(78)69-66-63-60-57-54-51-48-46-44-42-40-38-36-34-32-30-28-26-23-20-17-14-11-8-5-2/h7-12,16-21,25-28,31-34,37-40,43-46,49,52,72H,4-6,13-15,22-24,29-30,35-36,41-42,47-48,50-51,53-71H2,1-3H3/b10-7-,11-8-,12-9-,19-16-,20-17-,21-18-,27-25-,28-26-,33-31-,34-32-,39-37-,40-38-,45-43-,46-44-,52-49-. The van der Waals surface area contributed by atoms with Gasteiger partial charge in [0.25, 0.3) is 0 Å². The lowest BCUT2D eigenvalue weighted by Gasteiger charge is -2.18. The third kappa shape index (κ3) is 65.2. The van der Waals surface area contributed by atoms with Crippen LogP contribution in [0.1, 0.15) is 252 Å². The van der Waals surface area contributed by atoms with E-state index in [4.69, 9.17) is 14.2 Å². The molecule has 0 aliphatic carbocycles. The molecule has 0 aliphatic rings. The van der Waals surface area contributed by atoms with Crippen molar-refractivity contribution in [2.24, 2.45) is 0 Å². The third-order valence-electron chi connectivity index (χ3n) is 12.9. The minimum Gasteiger partial charge on any atom is -0.462 e. The summed E-state index contributed by atoms with van der Waals surface area (Å²) >= 11 is 0. The van der Waals surface area contributed by atoms with Crippen LogP contribution in [0.25, 0.3) is 0 Å². The molecule has 0 N–H and O–H groups in total. The van der Waals surface area contributed by atoms with Crippen LogP contribution in [0.2, 0.25) is 0 Å². The summed E-state index contributed by atoms with van der Waals surface area (Å²) in [5.74, 6) is -0.976. The molecule has 0 radical (unpaired) electrons. The van der Waals surface area contributed by atoms with Crippen molar-refractivity contribution in [2.45, 2.75) is 258 Å². The molecule has 1 unspecified atom stereocenters. The fourth-order valence-electron chi connectivity index (χ4n) is 8.17. The van der Waals surface area contributed by atoms with E-state index < -0.39 is 6.10 Å². The van der Waals surface area contributed by atoms with Crippen LogP contribution in [0.5, 0.6) is 0 Å². The lowest BCUT2D eigenvalue weighted by molar-refractivity contribution is -0.167. The molecule has 6 nitrogen and oxygen atoms in total. The largest absolute Gasteiger partial charge is 0.462 e. The van der Waals surface area contributed by atoms with Crippen molar-refractivity contribution in [3.8, 4) is 0 Å². The molecule has 6 heteroatoms. The molecule has 0 spiro atoms. The fourth-order valence-corrected chi connectivity index (χ4v) is 8.17. The van der Waals surface area contributed by atoms with Crippen LogP contribution in [0.4, 0.5) is 0 Å². The topological polar surface area (TPSA) is 78.9 Å². The molecule has 452 valence electrons. The predicted molar refractivity (Wildman–Crippen MR) is 352 cm³/mol. The van der Waals surface area contributed by atoms with E-state index in [9.17, 15) is 14.4 Å². The van der Waals surface area contributed by atoms with Crippen molar-refractivity contribution in [1.82, 2.24) is 0 Å². The highest BCUT2D eigenvalue weighted by Crippen LogP contribution is 2.14. The van der Waals surface area contributed by atoms with Crippen molar-refractivity contribution in [3.63, 3.8) is 0 Å². The van der Waals surface area contributed by atoms with Gasteiger partial charge in [-0.15, -0.1) is 0 Å². The summed E-state index contributed by atoms with van der Waals surface area (Å²) in [6.07, 6.45) is 100. The average molecular weight is 1110 g/mol. The molecule has 81 heavy (non-hydrogen) atoms. The summed E-state index contributed by atoms with van der Waals surface area (Å²) in [7, 11) is 0. The van der Waals surface area contributed by atoms with Gasteiger partial charge in [0.2, 0.25) is 0 Å². The lowest BCUT2D eigenvalue weighted by atomic mass is 10.1. The Morgan fingerprint density at radius 1 is 0.247 bits per heavy atom. The second kappa shape index (κ2) is 67.0. The molecule has 0 rings (SSSR count). The van der Waals surface area contributed by atoms with Gasteiger partial charge in [-0.3, -0.25) is 14.4 Å². The van der Waals surface area contributed by atoms with Crippen LogP contribution < -0.4 is 0 Å². The summed E-state index contributed by atoms with van der Waals surface area (Å²) in [6, 6.07) is 0. The van der Waals surface area contributed by atoms with E-state index in [1.54, 1.807) is 0 Å². The number of carbonyl (C=O) groups excluding carboxylic acids is 3. The van der Waals surface area contributed by atoms with Crippen molar-refractivity contribution in [1.29, 1.82) is 0 Å².